The van der Waals surface area contributed by atoms with E-state index in [1.807, 2.05) is 76.2 Å². The Morgan fingerprint density at radius 2 is 1.75 bits per heavy atom. The molecule has 10 heteroatoms. The number of rotatable bonds is 8. The molecule has 1 aliphatic heterocycles. The van der Waals surface area contributed by atoms with Crippen molar-refractivity contribution in [3.8, 4) is 22.9 Å². The van der Waals surface area contributed by atoms with Gasteiger partial charge in [0.25, 0.3) is 0 Å². The van der Waals surface area contributed by atoms with Crippen molar-refractivity contribution in [2.45, 2.75) is 90.7 Å². The molecule has 0 spiro atoms. The van der Waals surface area contributed by atoms with E-state index < -0.39 is 5.60 Å². The van der Waals surface area contributed by atoms with Gasteiger partial charge in [0.1, 0.15) is 11.4 Å². The lowest BCUT2D eigenvalue weighted by Crippen LogP contribution is -2.47. The number of benzene rings is 2. The Hall–Kier alpha value is -4.73. The summed E-state index contributed by atoms with van der Waals surface area (Å²) in [4.78, 5) is 41.4. The molecule has 1 unspecified atom stereocenters. The first-order valence-corrected chi connectivity index (χ1v) is 17.2. The summed E-state index contributed by atoms with van der Waals surface area (Å²) >= 11 is 0. The quantitative estimate of drug-likeness (QED) is 0.195. The van der Waals surface area contributed by atoms with Crippen molar-refractivity contribution in [2.75, 3.05) is 23.7 Å². The Labute approximate surface area is 282 Å². The van der Waals surface area contributed by atoms with Crippen molar-refractivity contribution in [1.29, 1.82) is 0 Å². The lowest BCUT2D eigenvalue weighted by atomic mass is 9.87. The summed E-state index contributed by atoms with van der Waals surface area (Å²) < 4.78 is 12.2. The van der Waals surface area contributed by atoms with Gasteiger partial charge in [-0.2, -0.15) is 0 Å². The van der Waals surface area contributed by atoms with Gasteiger partial charge in [0.05, 0.1) is 11.3 Å². The van der Waals surface area contributed by atoms with E-state index >= 15 is 0 Å². The molecule has 10 nitrogen and oxygen atoms in total. The Kier molecular flexibility index (Phi) is 10.1. The second-order valence-corrected chi connectivity index (χ2v) is 14.0. The first-order chi connectivity index (χ1) is 23.1. The molecule has 1 atom stereocenters. The van der Waals surface area contributed by atoms with Gasteiger partial charge in [-0.1, -0.05) is 43.5 Å². The number of likely N-dealkylation sites (tertiary alicyclic amines) is 1. The summed E-state index contributed by atoms with van der Waals surface area (Å²) in [5.74, 6) is 2.08. The largest absolute Gasteiger partial charge is 0.444 e. The van der Waals surface area contributed by atoms with Gasteiger partial charge in [-0.05, 0) is 89.1 Å². The van der Waals surface area contributed by atoms with Crippen LogP contribution in [-0.4, -0.2) is 56.6 Å². The van der Waals surface area contributed by atoms with Crippen LogP contribution in [0.4, 0.5) is 16.4 Å². The maximum absolute atomic E-state index is 13.0. The molecule has 2 amide bonds. The molecule has 2 N–H and O–H groups in total. The average Bonchev–Trinajstić information content (AvgIpc) is 3.06. The highest BCUT2D eigenvalue weighted by Crippen LogP contribution is 2.39. The zero-order chi connectivity index (χ0) is 33.7. The van der Waals surface area contributed by atoms with Gasteiger partial charge >= 0.3 is 6.09 Å². The van der Waals surface area contributed by atoms with Crippen LogP contribution >= 0.6 is 0 Å². The number of anilines is 2. The van der Waals surface area contributed by atoms with Gasteiger partial charge in [0.15, 0.2) is 0 Å². The van der Waals surface area contributed by atoms with E-state index in [1.165, 1.54) is 19.3 Å². The Morgan fingerprint density at radius 3 is 2.56 bits per heavy atom. The van der Waals surface area contributed by atoms with Crippen molar-refractivity contribution in [1.82, 2.24) is 19.9 Å². The molecular formula is C38H46N6O4. The van der Waals surface area contributed by atoms with Gasteiger partial charge in [0, 0.05) is 54.4 Å². The van der Waals surface area contributed by atoms with E-state index in [4.69, 9.17) is 14.5 Å². The average molecular weight is 651 g/mol. The number of hydrogen-bond donors (Lipinski definition) is 2. The van der Waals surface area contributed by atoms with Crippen molar-refractivity contribution in [3.05, 3.63) is 66.5 Å². The fourth-order valence-corrected chi connectivity index (χ4v) is 6.65. The SMILES string of the molecule is Cc1ccc2c(NC(=O)CC3CCCCC3)cccc2c1Oc1ncccc1-c1ccnc(NC2CCCN(C(=O)OC(C)(C)C)C2)n1. The molecule has 4 aromatic rings. The number of pyridine rings is 1. The maximum Gasteiger partial charge on any atom is 0.410 e. The summed E-state index contributed by atoms with van der Waals surface area (Å²) in [5, 5.41) is 8.40. The number of hydrogen-bond acceptors (Lipinski definition) is 8. The normalized spacial score (nSPS) is 17.2. The monoisotopic (exact) mass is 650 g/mol. The maximum atomic E-state index is 13.0. The van der Waals surface area contributed by atoms with Gasteiger partial charge in [-0.25, -0.2) is 19.7 Å². The zero-order valence-electron chi connectivity index (χ0n) is 28.4. The zero-order valence-corrected chi connectivity index (χ0v) is 28.4. The van der Waals surface area contributed by atoms with Crippen LogP contribution in [0.2, 0.25) is 0 Å². The number of carbonyl (C=O) groups is 2. The number of piperidine rings is 1. The minimum absolute atomic E-state index is 0.0122. The van der Waals surface area contributed by atoms with Crippen LogP contribution in [0.15, 0.2) is 60.9 Å². The second-order valence-electron chi connectivity index (χ2n) is 14.0. The molecule has 0 radical (unpaired) electrons. The van der Waals surface area contributed by atoms with Gasteiger partial charge in [0.2, 0.25) is 17.7 Å². The molecule has 1 saturated carbocycles. The summed E-state index contributed by atoms with van der Waals surface area (Å²) in [7, 11) is 0. The van der Waals surface area contributed by atoms with E-state index in [-0.39, 0.29) is 18.0 Å². The van der Waals surface area contributed by atoms with Crippen LogP contribution in [0.25, 0.3) is 22.0 Å². The first kappa shape index (κ1) is 33.2. The fourth-order valence-electron chi connectivity index (χ4n) is 6.65. The predicted molar refractivity (Wildman–Crippen MR) is 188 cm³/mol. The van der Waals surface area contributed by atoms with Crippen molar-refractivity contribution < 1.29 is 19.1 Å². The fraction of sp³-hybridized carbons (Fsp3) is 0.447. The highest BCUT2D eigenvalue weighted by atomic mass is 16.6. The number of carbonyl (C=O) groups excluding carboxylic acids is 2. The summed E-state index contributed by atoms with van der Waals surface area (Å²) in [6.45, 7) is 8.79. The van der Waals surface area contributed by atoms with Crippen molar-refractivity contribution in [3.63, 3.8) is 0 Å². The van der Waals surface area contributed by atoms with E-state index in [1.54, 1.807) is 17.3 Å². The number of ether oxygens (including phenoxy) is 2. The molecule has 2 aromatic heterocycles. The highest BCUT2D eigenvalue weighted by molar-refractivity contribution is 6.04. The molecule has 0 bridgehead atoms. The van der Waals surface area contributed by atoms with Gasteiger partial charge in [-0.15, -0.1) is 0 Å². The van der Waals surface area contributed by atoms with Crippen LogP contribution in [0, 0.1) is 12.8 Å². The van der Waals surface area contributed by atoms with Crippen LogP contribution in [0.5, 0.6) is 11.6 Å². The number of fused-ring (bicyclic) bond motifs is 1. The molecule has 6 rings (SSSR count). The van der Waals surface area contributed by atoms with Crippen LogP contribution in [-0.2, 0) is 9.53 Å². The van der Waals surface area contributed by atoms with Crippen LogP contribution in [0.1, 0.15) is 77.7 Å². The van der Waals surface area contributed by atoms with E-state index in [0.29, 0.717) is 48.7 Å². The summed E-state index contributed by atoms with van der Waals surface area (Å²) in [6, 6.07) is 15.5. The number of aryl methyl sites for hydroxylation is 1. The first-order valence-electron chi connectivity index (χ1n) is 17.2. The Bertz CT molecular complexity index is 1760. The molecule has 2 fully saturated rings. The molecule has 252 valence electrons. The lowest BCUT2D eigenvalue weighted by molar-refractivity contribution is -0.117. The smallest absolute Gasteiger partial charge is 0.410 e. The standard InChI is InChI=1S/C38H46N6O4/c1-25-17-18-28-29(14-8-16-31(28)42-33(45)23-26-11-6-5-7-12-26)34(25)47-35-30(15-9-20-39-35)32-19-21-40-36(43-32)41-27-13-10-22-44(24-27)37(46)48-38(2,3)4/h8-9,14-21,26-27H,5-7,10-13,22-24H2,1-4H3,(H,42,45)(H,40,41,43). The topological polar surface area (TPSA) is 119 Å². The summed E-state index contributed by atoms with van der Waals surface area (Å²) in [6.07, 6.45) is 11.4. The van der Waals surface area contributed by atoms with Crippen molar-refractivity contribution >= 4 is 34.4 Å². The Balaban J connectivity index is 1.20. The predicted octanol–water partition coefficient (Wildman–Crippen LogP) is 8.51. The highest BCUT2D eigenvalue weighted by Gasteiger charge is 2.28. The van der Waals surface area contributed by atoms with Gasteiger partial charge in [-0.3, -0.25) is 4.79 Å². The molecular weight excluding hydrogens is 604 g/mol. The van der Waals surface area contributed by atoms with Crippen LogP contribution in [0.3, 0.4) is 0 Å². The molecule has 2 aromatic carbocycles. The number of amides is 2. The lowest BCUT2D eigenvalue weighted by Gasteiger charge is -2.34. The number of nitrogens with zero attached hydrogens (tertiary/aromatic N) is 4. The molecule has 3 heterocycles. The minimum Gasteiger partial charge on any atom is -0.444 e. The van der Waals surface area contributed by atoms with E-state index in [9.17, 15) is 9.59 Å². The summed E-state index contributed by atoms with van der Waals surface area (Å²) in [5.41, 5.74) is 2.55. The Morgan fingerprint density at radius 1 is 0.917 bits per heavy atom. The third-order valence-corrected chi connectivity index (χ3v) is 8.99. The molecule has 1 saturated heterocycles. The van der Waals surface area contributed by atoms with Crippen molar-refractivity contribution in [2.24, 2.45) is 5.92 Å². The number of nitrogens with one attached hydrogen (secondary N) is 2. The third kappa shape index (κ3) is 8.21. The van der Waals surface area contributed by atoms with E-state index in [0.717, 1.165) is 53.3 Å². The van der Waals surface area contributed by atoms with Gasteiger partial charge < -0.3 is 25.0 Å². The molecule has 2 aliphatic rings. The van der Waals surface area contributed by atoms with E-state index in [2.05, 4.69) is 20.6 Å². The molecule has 48 heavy (non-hydrogen) atoms. The molecule has 1 aliphatic carbocycles. The minimum atomic E-state index is -0.546. The van der Waals surface area contributed by atoms with Crippen LogP contribution < -0.4 is 15.4 Å². The number of aromatic nitrogens is 3. The third-order valence-electron chi connectivity index (χ3n) is 8.99. The second kappa shape index (κ2) is 14.6.